The Bertz CT molecular complexity index is 193. The summed E-state index contributed by atoms with van der Waals surface area (Å²) in [5.74, 6) is 1.01. The number of ether oxygens (including phenoxy) is 2. The zero-order valence-electron chi connectivity index (χ0n) is 5.91. The van der Waals surface area contributed by atoms with E-state index < -0.39 is 0 Å². The molecule has 0 aromatic carbocycles. The monoisotopic (exact) mass is 138 g/mol. The topological polar surface area (TPSA) is 25.1 Å². The van der Waals surface area contributed by atoms with Gasteiger partial charge < -0.3 is 9.47 Å². The van der Waals surface area contributed by atoms with E-state index in [-0.39, 0.29) is 6.10 Å². The maximum absolute atomic E-state index is 5.26. The number of epoxide rings is 1. The van der Waals surface area contributed by atoms with Crippen LogP contribution in [0.2, 0.25) is 0 Å². The van der Waals surface area contributed by atoms with Crippen LogP contribution >= 0.6 is 0 Å². The molecule has 0 aromatic heterocycles. The Kier molecular flexibility index (Phi) is 1.27. The highest BCUT2D eigenvalue weighted by molar-refractivity contribution is 5.22. The van der Waals surface area contributed by atoms with Gasteiger partial charge in [0.15, 0.2) is 5.76 Å². The van der Waals surface area contributed by atoms with Crippen molar-refractivity contribution in [2.45, 2.75) is 25.6 Å². The first kappa shape index (κ1) is 5.98. The molecule has 0 spiro atoms. The molecule has 2 aliphatic rings. The molecule has 0 N–H and O–H groups in total. The maximum Gasteiger partial charge on any atom is 0.170 e. The first-order valence-corrected chi connectivity index (χ1v) is 3.60. The summed E-state index contributed by atoms with van der Waals surface area (Å²) in [5.41, 5.74) is 0. The SMILES string of the molecule is CCC=CC1OC1C1=CO1. The second-order valence-corrected chi connectivity index (χ2v) is 2.50. The van der Waals surface area contributed by atoms with E-state index in [1.807, 2.05) is 0 Å². The highest BCUT2D eigenvalue weighted by Crippen LogP contribution is 2.36. The molecule has 0 radical (unpaired) electrons. The van der Waals surface area contributed by atoms with Gasteiger partial charge in [-0.3, -0.25) is 0 Å². The molecule has 2 nitrogen and oxygen atoms in total. The van der Waals surface area contributed by atoms with Crippen molar-refractivity contribution in [3.05, 3.63) is 24.2 Å². The van der Waals surface area contributed by atoms with Gasteiger partial charge in [-0.2, -0.15) is 0 Å². The van der Waals surface area contributed by atoms with Crippen molar-refractivity contribution in [1.82, 2.24) is 0 Å². The summed E-state index contributed by atoms with van der Waals surface area (Å²) in [6.07, 6.45) is 7.58. The van der Waals surface area contributed by atoms with Gasteiger partial charge in [-0.25, -0.2) is 0 Å². The highest BCUT2D eigenvalue weighted by atomic mass is 16.6. The highest BCUT2D eigenvalue weighted by Gasteiger charge is 2.45. The van der Waals surface area contributed by atoms with E-state index in [4.69, 9.17) is 9.47 Å². The van der Waals surface area contributed by atoms with Crippen LogP contribution in [-0.4, -0.2) is 12.2 Å². The molecule has 0 bridgehead atoms. The summed E-state index contributed by atoms with van der Waals surface area (Å²) in [7, 11) is 0. The minimum absolute atomic E-state index is 0.253. The van der Waals surface area contributed by atoms with Gasteiger partial charge in [-0.15, -0.1) is 0 Å². The van der Waals surface area contributed by atoms with Crippen molar-refractivity contribution < 1.29 is 9.47 Å². The molecular weight excluding hydrogens is 128 g/mol. The summed E-state index contributed by atoms with van der Waals surface area (Å²) < 4.78 is 10.1. The quantitative estimate of drug-likeness (QED) is 0.437. The summed E-state index contributed by atoms with van der Waals surface area (Å²) in [4.78, 5) is 0. The summed E-state index contributed by atoms with van der Waals surface area (Å²) >= 11 is 0. The Morgan fingerprint density at radius 3 is 3.10 bits per heavy atom. The van der Waals surface area contributed by atoms with Crippen LogP contribution in [0.1, 0.15) is 13.3 Å². The van der Waals surface area contributed by atoms with E-state index in [0.717, 1.165) is 12.2 Å². The number of hydrogen-bond donors (Lipinski definition) is 0. The molecule has 54 valence electrons. The van der Waals surface area contributed by atoms with E-state index in [2.05, 4.69) is 19.1 Å². The first-order chi connectivity index (χ1) is 4.92. The number of hydrogen-bond acceptors (Lipinski definition) is 2. The Labute approximate surface area is 60.1 Å². The lowest BCUT2D eigenvalue weighted by Gasteiger charge is -1.76. The average Bonchev–Trinajstić information content (AvgIpc) is 2.77. The average molecular weight is 138 g/mol. The fraction of sp³-hybridized carbons (Fsp3) is 0.500. The molecule has 0 amide bonds. The van der Waals surface area contributed by atoms with E-state index in [1.54, 1.807) is 6.26 Å². The predicted molar refractivity (Wildman–Crippen MR) is 37.3 cm³/mol. The van der Waals surface area contributed by atoms with Crippen LogP contribution in [-0.2, 0) is 9.47 Å². The van der Waals surface area contributed by atoms with Crippen LogP contribution in [0.15, 0.2) is 24.2 Å². The lowest BCUT2D eigenvalue weighted by atomic mass is 10.2. The molecule has 1 fully saturated rings. The van der Waals surface area contributed by atoms with Crippen molar-refractivity contribution in [1.29, 1.82) is 0 Å². The molecule has 2 unspecified atom stereocenters. The van der Waals surface area contributed by atoms with Gasteiger partial charge in [0, 0.05) is 0 Å². The summed E-state index contributed by atoms with van der Waals surface area (Å²) in [6.45, 7) is 2.11. The van der Waals surface area contributed by atoms with Crippen molar-refractivity contribution in [3.8, 4) is 0 Å². The largest absolute Gasteiger partial charge is 0.460 e. The van der Waals surface area contributed by atoms with E-state index in [9.17, 15) is 0 Å². The molecule has 1 saturated heterocycles. The van der Waals surface area contributed by atoms with Crippen molar-refractivity contribution >= 4 is 0 Å². The zero-order chi connectivity index (χ0) is 6.97. The molecule has 2 rings (SSSR count). The number of allylic oxidation sites excluding steroid dienone is 1. The zero-order valence-corrected chi connectivity index (χ0v) is 5.91. The molecule has 10 heavy (non-hydrogen) atoms. The van der Waals surface area contributed by atoms with Crippen LogP contribution < -0.4 is 0 Å². The molecule has 0 saturated carbocycles. The molecule has 0 aromatic rings. The van der Waals surface area contributed by atoms with Gasteiger partial charge in [0.2, 0.25) is 0 Å². The third-order valence-corrected chi connectivity index (χ3v) is 1.62. The van der Waals surface area contributed by atoms with Crippen LogP contribution in [0.4, 0.5) is 0 Å². The Morgan fingerprint density at radius 2 is 2.50 bits per heavy atom. The molecular formula is C8H10O2. The van der Waals surface area contributed by atoms with Gasteiger partial charge in [0.05, 0.1) is 0 Å². The van der Waals surface area contributed by atoms with Gasteiger partial charge in [0.25, 0.3) is 0 Å². The second kappa shape index (κ2) is 2.13. The third kappa shape index (κ3) is 1.07. The summed E-state index contributed by atoms with van der Waals surface area (Å²) in [6, 6.07) is 0. The fourth-order valence-corrected chi connectivity index (χ4v) is 0.938. The molecule has 2 aliphatic heterocycles. The molecule has 2 heteroatoms. The molecule has 2 atom stereocenters. The summed E-state index contributed by atoms with van der Waals surface area (Å²) in [5, 5.41) is 0. The van der Waals surface area contributed by atoms with Crippen LogP contribution in [0.5, 0.6) is 0 Å². The predicted octanol–water partition coefficient (Wildman–Crippen LogP) is 1.59. The van der Waals surface area contributed by atoms with Gasteiger partial charge in [-0.05, 0) is 6.42 Å². The van der Waals surface area contributed by atoms with Gasteiger partial charge in [0.1, 0.15) is 18.5 Å². The number of rotatable bonds is 3. The van der Waals surface area contributed by atoms with Crippen LogP contribution in [0.25, 0.3) is 0 Å². The Hall–Kier alpha value is -0.760. The maximum atomic E-state index is 5.26. The van der Waals surface area contributed by atoms with Crippen molar-refractivity contribution in [2.75, 3.05) is 0 Å². The lowest BCUT2D eigenvalue weighted by Crippen LogP contribution is -1.86. The van der Waals surface area contributed by atoms with Crippen LogP contribution in [0, 0.1) is 0 Å². The van der Waals surface area contributed by atoms with Crippen LogP contribution in [0.3, 0.4) is 0 Å². The first-order valence-electron chi connectivity index (χ1n) is 3.60. The van der Waals surface area contributed by atoms with E-state index >= 15 is 0 Å². The molecule has 0 aliphatic carbocycles. The Balaban J connectivity index is 1.78. The fourth-order valence-electron chi connectivity index (χ4n) is 0.938. The smallest absolute Gasteiger partial charge is 0.170 e. The van der Waals surface area contributed by atoms with Crippen molar-refractivity contribution in [3.63, 3.8) is 0 Å². The standard InChI is InChI=1S/C8H10O2/c1-2-3-4-6-8(10-6)7-5-9-7/h3-6,8H,2H2,1H3. The Morgan fingerprint density at radius 1 is 1.70 bits per heavy atom. The second-order valence-electron chi connectivity index (χ2n) is 2.50. The van der Waals surface area contributed by atoms with E-state index in [0.29, 0.717) is 6.10 Å². The minimum Gasteiger partial charge on any atom is -0.460 e. The van der Waals surface area contributed by atoms with E-state index in [1.165, 1.54) is 0 Å². The normalized spacial score (nSPS) is 35.5. The molecule has 2 heterocycles. The minimum atomic E-state index is 0.253. The lowest BCUT2D eigenvalue weighted by molar-refractivity contribution is 0.373. The third-order valence-electron chi connectivity index (χ3n) is 1.62. The van der Waals surface area contributed by atoms with Gasteiger partial charge >= 0.3 is 0 Å². The van der Waals surface area contributed by atoms with Crippen molar-refractivity contribution in [2.24, 2.45) is 0 Å². The van der Waals surface area contributed by atoms with Gasteiger partial charge in [-0.1, -0.05) is 19.1 Å².